The Morgan fingerprint density at radius 1 is 1.50 bits per heavy atom. The van der Waals surface area contributed by atoms with Crippen molar-refractivity contribution in [3.8, 4) is 5.75 Å². The summed E-state index contributed by atoms with van der Waals surface area (Å²) >= 11 is 5.52. The molecule has 1 aromatic heterocycles. The topological polar surface area (TPSA) is 56.3 Å². The lowest BCUT2D eigenvalue weighted by Gasteiger charge is -2.09. The van der Waals surface area contributed by atoms with Gasteiger partial charge in [0.1, 0.15) is 11.4 Å². The van der Waals surface area contributed by atoms with E-state index in [0.29, 0.717) is 0 Å². The lowest BCUT2D eigenvalue weighted by Crippen LogP contribution is -2.03. The van der Waals surface area contributed by atoms with Gasteiger partial charge in [-0.15, -0.1) is 0 Å². The maximum absolute atomic E-state index is 12.5. The van der Waals surface area contributed by atoms with E-state index in [1.54, 1.807) is 0 Å². The quantitative estimate of drug-likeness (QED) is 0.803. The van der Waals surface area contributed by atoms with Crippen molar-refractivity contribution in [1.82, 2.24) is 4.98 Å². The molecule has 1 heterocycles. The molecule has 0 aliphatic rings. The largest absolute Gasteiger partial charge is 0.495 e. The minimum Gasteiger partial charge on any atom is -0.495 e. The fraction of sp³-hybridized carbons (Fsp3) is 0.286. The van der Waals surface area contributed by atoms with Crippen LogP contribution in [0.1, 0.15) is 12.1 Å². The Balaban J connectivity index is 3.52. The molecule has 9 heteroatoms. The molecule has 1 rings (SSSR count). The molecule has 0 radical (unpaired) electrons. The maximum atomic E-state index is 12.5. The number of hydrogen-bond acceptors (Lipinski definition) is 4. The minimum absolute atomic E-state index is 0.302. The third-order valence-corrected chi connectivity index (χ3v) is 3.21. The zero-order valence-corrected chi connectivity index (χ0v) is 10.1. The van der Waals surface area contributed by atoms with Gasteiger partial charge >= 0.3 is 0 Å². The molecular formula is C7H5Cl2F2NO3S. The molecule has 0 saturated heterocycles. The van der Waals surface area contributed by atoms with Gasteiger partial charge in [0, 0.05) is 16.7 Å². The average Bonchev–Trinajstić information content (AvgIpc) is 2.14. The maximum Gasteiger partial charge on any atom is 0.284 e. The highest BCUT2D eigenvalue weighted by Gasteiger charge is 2.24. The Morgan fingerprint density at radius 3 is 2.44 bits per heavy atom. The second-order valence-corrected chi connectivity index (χ2v) is 5.49. The SMILES string of the molecule is COc1cc(Cl)c(S(=O)(=O)Cl)nc1C(F)F. The number of rotatable bonds is 3. The van der Waals surface area contributed by atoms with Gasteiger partial charge in [-0.05, 0) is 0 Å². The van der Waals surface area contributed by atoms with Crippen LogP contribution in [0.15, 0.2) is 11.1 Å². The Kier molecular flexibility index (Phi) is 3.92. The monoisotopic (exact) mass is 291 g/mol. The van der Waals surface area contributed by atoms with Crippen molar-refractivity contribution in [2.45, 2.75) is 11.5 Å². The van der Waals surface area contributed by atoms with Crippen LogP contribution >= 0.6 is 22.3 Å². The lowest BCUT2D eigenvalue weighted by molar-refractivity contribution is 0.140. The van der Waals surface area contributed by atoms with Gasteiger partial charge in [0.05, 0.1) is 12.1 Å². The Morgan fingerprint density at radius 2 is 2.06 bits per heavy atom. The number of nitrogens with zero attached hydrogens (tertiary/aromatic N) is 1. The minimum atomic E-state index is -4.27. The highest BCUT2D eigenvalue weighted by molar-refractivity contribution is 8.13. The van der Waals surface area contributed by atoms with Crippen LogP contribution < -0.4 is 4.74 Å². The van der Waals surface area contributed by atoms with Crippen LogP contribution in [0.5, 0.6) is 5.75 Å². The van der Waals surface area contributed by atoms with Crippen molar-refractivity contribution in [3.63, 3.8) is 0 Å². The van der Waals surface area contributed by atoms with E-state index in [0.717, 1.165) is 13.2 Å². The van der Waals surface area contributed by atoms with E-state index in [-0.39, 0.29) is 10.8 Å². The van der Waals surface area contributed by atoms with Crippen LogP contribution in [-0.2, 0) is 9.05 Å². The van der Waals surface area contributed by atoms with Crippen molar-refractivity contribution >= 4 is 31.3 Å². The van der Waals surface area contributed by atoms with Gasteiger partial charge in [-0.1, -0.05) is 11.6 Å². The standard InChI is InChI=1S/C7H5Cl2F2NO3S/c1-15-4-2-3(8)7(16(9,13)14)12-5(4)6(10)11/h2,6H,1H3. The van der Waals surface area contributed by atoms with Crippen LogP contribution in [0.25, 0.3) is 0 Å². The smallest absolute Gasteiger partial charge is 0.284 e. The first-order valence-corrected chi connectivity index (χ1v) is 6.43. The number of alkyl halides is 2. The van der Waals surface area contributed by atoms with E-state index in [1.165, 1.54) is 0 Å². The van der Waals surface area contributed by atoms with Gasteiger partial charge in [0.25, 0.3) is 15.5 Å². The molecule has 0 N–H and O–H groups in total. The van der Waals surface area contributed by atoms with Crippen LogP contribution in [0.3, 0.4) is 0 Å². The number of pyridine rings is 1. The van der Waals surface area contributed by atoms with E-state index in [1.807, 2.05) is 0 Å². The van der Waals surface area contributed by atoms with Gasteiger partial charge in [-0.25, -0.2) is 22.2 Å². The van der Waals surface area contributed by atoms with Gasteiger partial charge in [-0.2, -0.15) is 0 Å². The van der Waals surface area contributed by atoms with Crippen LogP contribution in [0, 0.1) is 0 Å². The van der Waals surface area contributed by atoms with Crippen LogP contribution in [-0.4, -0.2) is 20.5 Å². The molecule has 0 spiro atoms. The van der Waals surface area contributed by atoms with E-state index in [2.05, 4.69) is 9.72 Å². The first-order valence-electron chi connectivity index (χ1n) is 3.74. The molecule has 0 aliphatic carbocycles. The normalized spacial score (nSPS) is 11.9. The zero-order valence-electron chi connectivity index (χ0n) is 7.75. The Hall–Kier alpha value is -0.660. The lowest BCUT2D eigenvalue weighted by atomic mass is 10.3. The summed E-state index contributed by atoms with van der Waals surface area (Å²) in [5, 5.41) is -1.19. The summed E-state index contributed by atoms with van der Waals surface area (Å²) in [6.45, 7) is 0. The fourth-order valence-corrected chi connectivity index (χ4v) is 2.38. The third-order valence-electron chi connectivity index (χ3n) is 1.59. The fourth-order valence-electron chi connectivity index (χ4n) is 0.959. The number of hydrogen-bond donors (Lipinski definition) is 0. The zero-order chi connectivity index (χ0) is 12.5. The first kappa shape index (κ1) is 13.4. The molecule has 0 amide bonds. The summed E-state index contributed by atoms with van der Waals surface area (Å²) < 4.78 is 51.5. The van der Waals surface area contributed by atoms with E-state index < -0.39 is 26.2 Å². The van der Waals surface area contributed by atoms with E-state index in [9.17, 15) is 17.2 Å². The highest BCUT2D eigenvalue weighted by Crippen LogP contribution is 2.33. The van der Waals surface area contributed by atoms with Crippen molar-refractivity contribution in [3.05, 3.63) is 16.8 Å². The van der Waals surface area contributed by atoms with Crippen LogP contribution in [0.2, 0.25) is 5.02 Å². The van der Waals surface area contributed by atoms with Gasteiger partial charge < -0.3 is 4.74 Å². The van der Waals surface area contributed by atoms with Crippen molar-refractivity contribution < 1.29 is 21.9 Å². The summed E-state index contributed by atoms with van der Waals surface area (Å²) in [5.74, 6) is -0.302. The summed E-state index contributed by atoms with van der Waals surface area (Å²) in [6.07, 6.45) is -3.00. The predicted octanol–water partition coefficient (Wildman–Crippen LogP) is 2.61. The summed E-state index contributed by atoms with van der Waals surface area (Å²) in [6, 6.07) is 0.922. The summed E-state index contributed by atoms with van der Waals surface area (Å²) in [7, 11) is 1.83. The number of halogens is 4. The molecule has 0 aliphatic heterocycles. The molecular weight excluding hydrogens is 287 g/mol. The Bertz CT molecular complexity index is 507. The second-order valence-electron chi connectivity index (χ2n) is 2.60. The number of methoxy groups -OCH3 is 1. The van der Waals surface area contributed by atoms with Gasteiger partial charge in [0.15, 0.2) is 5.03 Å². The molecule has 4 nitrogen and oxygen atoms in total. The van der Waals surface area contributed by atoms with Crippen molar-refractivity contribution in [1.29, 1.82) is 0 Å². The first-order chi connectivity index (χ1) is 7.27. The highest BCUT2D eigenvalue weighted by atomic mass is 35.7. The number of aromatic nitrogens is 1. The molecule has 0 atom stereocenters. The molecule has 0 fully saturated rings. The van der Waals surface area contributed by atoms with Crippen LogP contribution in [0.4, 0.5) is 8.78 Å². The number of ether oxygens (including phenoxy) is 1. The van der Waals surface area contributed by atoms with Gasteiger partial charge in [0.2, 0.25) is 0 Å². The molecule has 0 saturated carbocycles. The predicted molar refractivity (Wildman–Crippen MR) is 53.8 cm³/mol. The van der Waals surface area contributed by atoms with E-state index >= 15 is 0 Å². The van der Waals surface area contributed by atoms with Crippen molar-refractivity contribution in [2.24, 2.45) is 0 Å². The summed E-state index contributed by atoms with van der Waals surface area (Å²) in [4.78, 5) is 3.19. The molecule has 16 heavy (non-hydrogen) atoms. The second kappa shape index (κ2) is 4.68. The molecule has 1 aromatic rings. The molecule has 0 unspecified atom stereocenters. The average molecular weight is 292 g/mol. The summed E-state index contributed by atoms with van der Waals surface area (Å²) in [5.41, 5.74) is -0.828. The molecule has 90 valence electrons. The van der Waals surface area contributed by atoms with Crippen molar-refractivity contribution in [2.75, 3.05) is 7.11 Å². The third kappa shape index (κ3) is 2.72. The molecule has 0 bridgehead atoms. The van der Waals surface area contributed by atoms with Gasteiger partial charge in [-0.3, -0.25) is 0 Å². The van der Waals surface area contributed by atoms with E-state index in [4.69, 9.17) is 22.3 Å². The Labute approximate surface area is 99.6 Å². The molecule has 0 aromatic carbocycles.